The molecule has 1 unspecified atom stereocenters. The molecule has 0 aliphatic rings. The van der Waals surface area contributed by atoms with Crippen LogP contribution in [-0.2, 0) is 0 Å². The third-order valence-electron chi connectivity index (χ3n) is 2.16. The summed E-state index contributed by atoms with van der Waals surface area (Å²) < 4.78 is 1.53. The van der Waals surface area contributed by atoms with Crippen molar-refractivity contribution in [2.75, 3.05) is 27.2 Å². The highest BCUT2D eigenvalue weighted by molar-refractivity contribution is 7.20. The maximum Gasteiger partial charge on any atom is 0.0991 e. The smallest absolute Gasteiger partial charge is 0.0991 e. The standard InChI is InChI=1S/C10H16Cl2N2S/c1-7(13-4-5-14(2)3)8-6-9(11)15-10(8)12/h6-7,13H,4-5H2,1-3H3. The first-order chi connectivity index (χ1) is 7.00. The van der Waals surface area contributed by atoms with E-state index in [1.165, 1.54) is 11.3 Å². The summed E-state index contributed by atoms with van der Waals surface area (Å²) >= 11 is 13.4. The topological polar surface area (TPSA) is 15.3 Å². The number of hydrogen-bond donors (Lipinski definition) is 1. The van der Waals surface area contributed by atoms with Crippen LogP contribution < -0.4 is 5.32 Å². The predicted octanol–water partition coefficient (Wildman–Crippen LogP) is 3.27. The maximum absolute atomic E-state index is 6.07. The maximum atomic E-state index is 6.07. The first-order valence-corrected chi connectivity index (χ1v) is 6.40. The number of likely N-dealkylation sites (N-methyl/N-ethyl adjacent to an activating group) is 1. The van der Waals surface area contributed by atoms with E-state index in [0.29, 0.717) is 0 Å². The zero-order chi connectivity index (χ0) is 11.4. The van der Waals surface area contributed by atoms with Crippen LogP contribution in [0, 0.1) is 0 Å². The highest BCUT2D eigenvalue weighted by Crippen LogP contribution is 2.34. The Morgan fingerprint density at radius 1 is 1.47 bits per heavy atom. The highest BCUT2D eigenvalue weighted by atomic mass is 35.5. The second-order valence-electron chi connectivity index (χ2n) is 3.76. The average molecular weight is 267 g/mol. The Bertz CT molecular complexity index is 312. The molecule has 0 spiro atoms. The number of halogens is 2. The normalized spacial score (nSPS) is 13.5. The van der Waals surface area contributed by atoms with Crippen LogP contribution in [0.2, 0.25) is 8.67 Å². The molecule has 0 aliphatic carbocycles. The zero-order valence-electron chi connectivity index (χ0n) is 9.18. The molecular formula is C10H16Cl2N2S. The summed E-state index contributed by atoms with van der Waals surface area (Å²) in [5.41, 5.74) is 1.09. The molecule has 0 aliphatic heterocycles. The Labute approximate surface area is 105 Å². The van der Waals surface area contributed by atoms with E-state index in [4.69, 9.17) is 23.2 Å². The summed E-state index contributed by atoms with van der Waals surface area (Å²) in [5.74, 6) is 0. The molecule has 2 nitrogen and oxygen atoms in total. The van der Waals surface area contributed by atoms with Crippen LogP contribution in [0.3, 0.4) is 0 Å². The summed E-state index contributed by atoms with van der Waals surface area (Å²) in [7, 11) is 4.11. The zero-order valence-corrected chi connectivity index (χ0v) is 11.5. The van der Waals surface area contributed by atoms with Crippen molar-refractivity contribution in [2.24, 2.45) is 0 Å². The van der Waals surface area contributed by atoms with E-state index in [1.54, 1.807) is 0 Å². The summed E-state index contributed by atoms with van der Waals surface area (Å²) in [4.78, 5) is 2.14. The fourth-order valence-electron chi connectivity index (χ4n) is 1.26. The van der Waals surface area contributed by atoms with Crippen LogP contribution in [0.15, 0.2) is 6.07 Å². The molecule has 1 rings (SSSR count). The van der Waals surface area contributed by atoms with Gasteiger partial charge in [0, 0.05) is 19.1 Å². The van der Waals surface area contributed by atoms with Gasteiger partial charge in [0.2, 0.25) is 0 Å². The van der Waals surface area contributed by atoms with Crippen molar-refractivity contribution < 1.29 is 0 Å². The van der Waals surface area contributed by atoms with Crippen molar-refractivity contribution >= 4 is 34.5 Å². The lowest BCUT2D eigenvalue weighted by Gasteiger charge is -2.15. The van der Waals surface area contributed by atoms with Crippen molar-refractivity contribution in [3.05, 3.63) is 20.3 Å². The van der Waals surface area contributed by atoms with Crippen molar-refractivity contribution in [2.45, 2.75) is 13.0 Å². The third-order valence-corrected chi connectivity index (χ3v) is 3.68. The van der Waals surface area contributed by atoms with Gasteiger partial charge in [-0.3, -0.25) is 0 Å². The lowest BCUT2D eigenvalue weighted by molar-refractivity contribution is 0.389. The van der Waals surface area contributed by atoms with E-state index in [-0.39, 0.29) is 6.04 Å². The fraction of sp³-hybridized carbons (Fsp3) is 0.600. The molecule has 86 valence electrons. The molecule has 0 amide bonds. The molecule has 0 radical (unpaired) electrons. The molecule has 1 N–H and O–H groups in total. The molecule has 0 saturated carbocycles. The van der Waals surface area contributed by atoms with E-state index >= 15 is 0 Å². The van der Waals surface area contributed by atoms with Gasteiger partial charge >= 0.3 is 0 Å². The van der Waals surface area contributed by atoms with Crippen molar-refractivity contribution in [3.8, 4) is 0 Å². The van der Waals surface area contributed by atoms with Crippen LogP contribution in [0.5, 0.6) is 0 Å². The molecule has 15 heavy (non-hydrogen) atoms. The molecule has 1 aromatic heterocycles. The Balaban J connectivity index is 2.46. The minimum atomic E-state index is 0.251. The summed E-state index contributed by atoms with van der Waals surface area (Å²) in [5, 5.41) is 3.41. The largest absolute Gasteiger partial charge is 0.309 e. The van der Waals surface area contributed by atoms with E-state index in [9.17, 15) is 0 Å². The van der Waals surface area contributed by atoms with E-state index in [0.717, 1.165) is 27.3 Å². The number of thiophene rings is 1. The van der Waals surface area contributed by atoms with E-state index < -0.39 is 0 Å². The van der Waals surface area contributed by atoms with Crippen molar-refractivity contribution in [1.29, 1.82) is 0 Å². The van der Waals surface area contributed by atoms with Gasteiger partial charge in [0.15, 0.2) is 0 Å². The average Bonchev–Trinajstić information content (AvgIpc) is 2.44. The number of rotatable bonds is 5. The first kappa shape index (κ1) is 13.3. The fourth-order valence-corrected chi connectivity index (χ4v) is 2.91. The van der Waals surface area contributed by atoms with Gasteiger partial charge in [-0.25, -0.2) is 0 Å². The molecule has 1 aromatic rings. The molecular weight excluding hydrogens is 251 g/mol. The molecule has 0 fully saturated rings. The second kappa shape index (κ2) is 6.06. The monoisotopic (exact) mass is 266 g/mol. The number of hydrogen-bond acceptors (Lipinski definition) is 3. The van der Waals surface area contributed by atoms with E-state index in [1.807, 2.05) is 6.07 Å². The minimum absolute atomic E-state index is 0.251. The van der Waals surface area contributed by atoms with Crippen LogP contribution in [0.1, 0.15) is 18.5 Å². The highest BCUT2D eigenvalue weighted by Gasteiger charge is 2.12. The molecule has 0 saturated heterocycles. The van der Waals surface area contributed by atoms with E-state index in [2.05, 4.69) is 31.2 Å². The molecule has 1 atom stereocenters. The van der Waals surface area contributed by atoms with Crippen LogP contribution in [0.4, 0.5) is 0 Å². The van der Waals surface area contributed by atoms with Crippen molar-refractivity contribution in [3.63, 3.8) is 0 Å². The summed E-state index contributed by atoms with van der Waals surface area (Å²) in [6.07, 6.45) is 0. The van der Waals surface area contributed by atoms with Crippen LogP contribution in [0.25, 0.3) is 0 Å². The second-order valence-corrected chi connectivity index (χ2v) is 6.04. The van der Waals surface area contributed by atoms with Gasteiger partial charge in [0.05, 0.1) is 8.67 Å². The Kier molecular flexibility index (Phi) is 5.36. The van der Waals surface area contributed by atoms with Gasteiger partial charge in [-0.1, -0.05) is 23.2 Å². The summed E-state index contributed by atoms with van der Waals surface area (Å²) in [6.45, 7) is 4.05. The Morgan fingerprint density at radius 2 is 2.13 bits per heavy atom. The molecule has 0 aromatic carbocycles. The van der Waals surface area contributed by atoms with Gasteiger partial charge in [-0.15, -0.1) is 11.3 Å². The minimum Gasteiger partial charge on any atom is -0.309 e. The first-order valence-electron chi connectivity index (χ1n) is 4.83. The molecule has 5 heteroatoms. The third kappa shape index (κ3) is 4.29. The van der Waals surface area contributed by atoms with Crippen LogP contribution in [-0.4, -0.2) is 32.1 Å². The lowest BCUT2D eigenvalue weighted by atomic mass is 10.2. The number of nitrogens with zero attached hydrogens (tertiary/aromatic N) is 1. The summed E-state index contributed by atoms with van der Waals surface area (Å²) in [6, 6.07) is 2.18. The number of nitrogens with one attached hydrogen (secondary N) is 1. The quantitative estimate of drug-likeness (QED) is 0.880. The van der Waals surface area contributed by atoms with Gasteiger partial charge < -0.3 is 10.2 Å². The van der Waals surface area contributed by atoms with Gasteiger partial charge in [-0.05, 0) is 32.6 Å². The molecule has 1 heterocycles. The molecule has 0 bridgehead atoms. The SMILES string of the molecule is CC(NCCN(C)C)c1cc(Cl)sc1Cl. The lowest BCUT2D eigenvalue weighted by Crippen LogP contribution is -2.28. The Morgan fingerprint density at radius 3 is 2.60 bits per heavy atom. The van der Waals surface area contributed by atoms with Gasteiger partial charge in [-0.2, -0.15) is 0 Å². The van der Waals surface area contributed by atoms with Gasteiger partial charge in [0.1, 0.15) is 0 Å². The van der Waals surface area contributed by atoms with Crippen LogP contribution >= 0.6 is 34.5 Å². The van der Waals surface area contributed by atoms with Crippen molar-refractivity contribution in [1.82, 2.24) is 10.2 Å². The predicted molar refractivity (Wildman–Crippen MR) is 69.3 cm³/mol. The Hall–Kier alpha value is 0.200. The van der Waals surface area contributed by atoms with Gasteiger partial charge in [0.25, 0.3) is 0 Å².